The van der Waals surface area contributed by atoms with Crippen molar-refractivity contribution in [1.82, 2.24) is 0 Å². The smallest absolute Gasteiger partial charge is 0.309 e. The molecule has 0 saturated heterocycles. The van der Waals surface area contributed by atoms with E-state index in [2.05, 4.69) is 13.2 Å². The standard InChI is InChI=1S/C23H34O5S/c1-7-27-23(24)22(10-8-9-17(2)3)21(18(4)5)15-16-28-29(25,26)20-13-11-19(6)12-14-20/h11-14,21-22H,2,4,7-10,15-16H2,1,3,5-6H3. The SMILES string of the molecule is C=C(C)CCCC(C(=O)OCC)C(CCOS(=O)(=O)c1ccc(C)cc1)C(=C)C. The summed E-state index contributed by atoms with van der Waals surface area (Å²) in [5, 5.41) is 0. The highest BCUT2D eigenvalue weighted by atomic mass is 32.2. The molecule has 0 aliphatic rings. The van der Waals surface area contributed by atoms with E-state index >= 15 is 0 Å². The number of rotatable bonds is 13. The number of allylic oxidation sites excluding steroid dienone is 2. The lowest BCUT2D eigenvalue weighted by Crippen LogP contribution is -2.28. The van der Waals surface area contributed by atoms with Gasteiger partial charge in [0.15, 0.2) is 0 Å². The van der Waals surface area contributed by atoms with Gasteiger partial charge in [0.25, 0.3) is 10.1 Å². The second-order valence-corrected chi connectivity index (χ2v) is 9.15. The summed E-state index contributed by atoms with van der Waals surface area (Å²) >= 11 is 0. The van der Waals surface area contributed by atoms with Crippen molar-refractivity contribution in [3.05, 3.63) is 54.1 Å². The summed E-state index contributed by atoms with van der Waals surface area (Å²) in [5.74, 6) is -0.867. The van der Waals surface area contributed by atoms with Gasteiger partial charge in [-0.25, -0.2) is 0 Å². The highest BCUT2D eigenvalue weighted by Gasteiger charge is 2.30. The Hall–Kier alpha value is -1.92. The lowest BCUT2D eigenvalue weighted by Gasteiger charge is -2.26. The van der Waals surface area contributed by atoms with E-state index in [4.69, 9.17) is 8.92 Å². The zero-order valence-electron chi connectivity index (χ0n) is 18.1. The molecule has 5 nitrogen and oxygen atoms in total. The molecule has 1 rings (SSSR count). The molecular weight excluding hydrogens is 388 g/mol. The van der Waals surface area contributed by atoms with Crippen LogP contribution in [0.2, 0.25) is 0 Å². The third kappa shape index (κ3) is 8.54. The van der Waals surface area contributed by atoms with Crippen molar-refractivity contribution < 1.29 is 22.1 Å². The molecular formula is C23H34O5S. The van der Waals surface area contributed by atoms with Crippen LogP contribution in [0.4, 0.5) is 0 Å². The third-order valence-electron chi connectivity index (χ3n) is 4.80. The summed E-state index contributed by atoms with van der Waals surface area (Å²) < 4.78 is 35.3. The van der Waals surface area contributed by atoms with Crippen LogP contribution in [0.25, 0.3) is 0 Å². The first kappa shape index (κ1) is 25.1. The Morgan fingerprint density at radius 2 is 1.69 bits per heavy atom. The molecule has 0 saturated carbocycles. The van der Waals surface area contributed by atoms with Crippen LogP contribution in [0.3, 0.4) is 0 Å². The molecule has 0 bridgehead atoms. The fraction of sp³-hybridized carbons (Fsp3) is 0.522. The number of hydrogen-bond donors (Lipinski definition) is 0. The monoisotopic (exact) mass is 422 g/mol. The molecule has 29 heavy (non-hydrogen) atoms. The molecule has 0 aliphatic carbocycles. The Kier molecular flexibility index (Phi) is 10.3. The summed E-state index contributed by atoms with van der Waals surface area (Å²) in [7, 11) is -3.84. The van der Waals surface area contributed by atoms with Crippen molar-refractivity contribution in [2.24, 2.45) is 11.8 Å². The molecule has 162 valence electrons. The van der Waals surface area contributed by atoms with Crippen molar-refractivity contribution in [3.8, 4) is 0 Å². The maximum absolute atomic E-state index is 12.5. The molecule has 0 N–H and O–H groups in total. The van der Waals surface area contributed by atoms with Gasteiger partial charge in [-0.2, -0.15) is 8.42 Å². The topological polar surface area (TPSA) is 69.7 Å². The summed E-state index contributed by atoms with van der Waals surface area (Å²) in [6.45, 7) is 15.7. The van der Waals surface area contributed by atoms with E-state index < -0.39 is 10.1 Å². The second kappa shape index (κ2) is 11.9. The van der Waals surface area contributed by atoms with Gasteiger partial charge in [-0.05, 0) is 71.4 Å². The summed E-state index contributed by atoms with van der Waals surface area (Å²) in [5.41, 5.74) is 2.85. The van der Waals surface area contributed by atoms with Crippen LogP contribution >= 0.6 is 0 Å². The van der Waals surface area contributed by atoms with Gasteiger partial charge in [-0.3, -0.25) is 8.98 Å². The lowest BCUT2D eigenvalue weighted by atomic mass is 9.81. The van der Waals surface area contributed by atoms with Gasteiger partial charge in [-0.1, -0.05) is 35.4 Å². The fourth-order valence-electron chi connectivity index (χ4n) is 3.21. The van der Waals surface area contributed by atoms with Crippen LogP contribution in [0, 0.1) is 18.8 Å². The molecule has 2 atom stereocenters. The summed E-state index contributed by atoms with van der Waals surface area (Å²) in [6.07, 6.45) is 2.65. The van der Waals surface area contributed by atoms with Gasteiger partial charge in [0, 0.05) is 0 Å². The highest BCUT2D eigenvalue weighted by Crippen LogP contribution is 2.30. The molecule has 2 unspecified atom stereocenters. The fourth-order valence-corrected chi connectivity index (χ4v) is 4.13. The lowest BCUT2D eigenvalue weighted by molar-refractivity contribution is -0.150. The molecule has 0 aromatic heterocycles. The van der Waals surface area contributed by atoms with Crippen LogP contribution in [-0.2, 0) is 23.8 Å². The Labute approximate surface area is 175 Å². The average molecular weight is 423 g/mol. The molecule has 0 aliphatic heterocycles. The minimum Gasteiger partial charge on any atom is -0.466 e. The average Bonchev–Trinajstić information content (AvgIpc) is 2.63. The number of esters is 1. The van der Waals surface area contributed by atoms with Gasteiger partial charge < -0.3 is 4.74 Å². The minimum atomic E-state index is -3.84. The van der Waals surface area contributed by atoms with E-state index in [0.717, 1.165) is 29.6 Å². The predicted octanol–water partition coefficient (Wildman–Crippen LogP) is 5.21. The van der Waals surface area contributed by atoms with Crippen molar-refractivity contribution >= 4 is 16.1 Å². The number of hydrogen-bond acceptors (Lipinski definition) is 5. The van der Waals surface area contributed by atoms with Gasteiger partial charge in [0.1, 0.15) is 0 Å². The molecule has 0 radical (unpaired) electrons. The first-order chi connectivity index (χ1) is 13.6. The van der Waals surface area contributed by atoms with Crippen molar-refractivity contribution in [2.45, 2.75) is 58.3 Å². The molecule has 6 heteroatoms. The normalized spacial score (nSPS) is 13.5. The molecule has 0 heterocycles. The van der Waals surface area contributed by atoms with Gasteiger partial charge in [0.2, 0.25) is 0 Å². The second-order valence-electron chi connectivity index (χ2n) is 7.54. The number of benzene rings is 1. The van der Waals surface area contributed by atoms with Gasteiger partial charge in [0.05, 0.1) is 24.0 Å². The van der Waals surface area contributed by atoms with Crippen LogP contribution in [0.15, 0.2) is 53.5 Å². The number of aryl methyl sites for hydroxylation is 1. The van der Waals surface area contributed by atoms with Crippen LogP contribution < -0.4 is 0 Å². The molecule has 0 spiro atoms. The zero-order chi connectivity index (χ0) is 22.0. The zero-order valence-corrected chi connectivity index (χ0v) is 18.9. The van der Waals surface area contributed by atoms with E-state index in [-0.39, 0.29) is 29.3 Å². The molecule has 0 fully saturated rings. The first-order valence-corrected chi connectivity index (χ1v) is 11.4. The van der Waals surface area contributed by atoms with Gasteiger partial charge in [-0.15, -0.1) is 6.58 Å². The summed E-state index contributed by atoms with van der Waals surface area (Å²) in [4.78, 5) is 12.7. The Morgan fingerprint density at radius 1 is 1.07 bits per heavy atom. The highest BCUT2D eigenvalue weighted by molar-refractivity contribution is 7.86. The number of ether oxygens (including phenoxy) is 1. The van der Waals surface area contributed by atoms with Crippen molar-refractivity contribution in [3.63, 3.8) is 0 Å². The van der Waals surface area contributed by atoms with Crippen molar-refractivity contribution in [2.75, 3.05) is 13.2 Å². The largest absolute Gasteiger partial charge is 0.466 e. The Bertz CT molecular complexity index is 793. The number of carbonyl (C=O) groups is 1. The van der Waals surface area contributed by atoms with E-state index in [1.165, 1.54) is 12.1 Å². The van der Waals surface area contributed by atoms with Crippen LogP contribution in [-0.4, -0.2) is 27.6 Å². The van der Waals surface area contributed by atoms with Gasteiger partial charge >= 0.3 is 5.97 Å². The quantitative estimate of drug-likeness (QED) is 0.248. The van der Waals surface area contributed by atoms with E-state index in [9.17, 15) is 13.2 Å². The predicted molar refractivity (Wildman–Crippen MR) is 116 cm³/mol. The maximum atomic E-state index is 12.5. The van der Waals surface area contributed by atoms with E-state index in [1.807, 2.05) is 20.8 Å². The Balaban J connectivity index is 2.83. The molecule has 1 aromatic carbocycles. The van der Waals surface area contributed by atoms with E-state index in [0.29, 0.717) is 19.4 Å². The Morgan fingerprint density at radius 3 is 2.21 bits per heavy atom. The first-order valence-electron chi connectivity index (χ1n) is 10.0. The maximum Gasteiger partial charge on any atom is 0.309 e. The minimum absolute atomic E-state index is 0.0237. The van der Waals surface area contributed by atoms with E-state index in [1.54, 1.807) is 19.1 Å². The molecule has 0 amide bonds. The number of carbonyl (C=O) groups excluding carboxylic acids is 1. The summed E-state index contributed by atoms with van der Waals surface area (Å²) in [6, 6.07) is 6.51. The third-order valence-corrected chi connectivity index (χ3v) is 6.13. The van der Waals surface area contributed by atoms with Crippen LogP contribution in [0.1, 0.15) is 52.0 Å². The molecule has 1 aromatic rings. The van der Waals surface area contributed by atoms with Crippen molar-refractivity contribution in [1.29, 1.82) is 0 Å². The van der Waals surface area contributed by atoms with Crippen LogP contribution in [0.5, 0.6) is 0 Å².